The summed E-state index contributed by atoms with van der Waals surface area (Å²) in [4.78, 5) is 20.1. The fourth-order valence-electron chi connectivity index (χ4n) is 3.08. The summed E-state index contributed by atoms with van der Waals surface area (Å²) >= 11 is 1.56. The van der Waals surface area contributed by atoms with Gasteiger partial charge in [-0.2, -0.15) is 5.10 Å². The number of carbonyl (C=O) groups is 1. The first-order valence-corrected chi connectivity index (χ1v) is 8.94. The maximum Gasteiger partial charge on any atom is 0.240 e. The first-order chi connectivity index (χ1) is 11.2. The van der Waals surface area contributed by atoms with Crippen molar-refractivity contribution < 1.29 is 4.79 Å². The zero-order chi connectivity index (χ0) is 16.2. The van der Waals surface area contributed by atoms with Crippen LogP contribution in [0.4, 0.5) is 5.13 Å². The van der Waals surface area contributed by atoms with E-state index in [1.54, 1.807) is 11.3 Å². The fourth-order valence-corrected chi connectivity index (χ4v) is 4.00. The third-order valence-corrected chi connectivity index (χ3v) is 5.35. The Morgan fingerprint density at radius 3 is 2.87 bits per heavy atom. The summed E-state index contributed by atoms with van der Waals surface area (Å²) in [6.07, 6.45) is 6.93. The predicted molar refractivity (Wildman–Crippen MR) is 91.9 cm³/mol. The van der Waals surface area contributed by atoms with E-state index in [1.165, 1.54) is 10.4 Å². The minimum Gasteiger partial charge on any atom is -0.301 e. The topological polar surface area (TPSA) is 73.9 Å². The second-order valence-corrected chi connectivity index (χ2v) is 7.21. The van der Waals surface area contributed by atoms with Crippen LogP contribution in [0.5, 0.6) is 0 Å². The number of anilines is 1. The van der Waals surface area contributed by atoms with Crippen LogP contribution in [0.1, 0.15) is 41.8 Å². The molecule has 6 nitrogen and oxygen atoms in total. The van der Waals surface area contributed by atoms with Crippen molar-refractivity contribution in [2.45, 2.75) is 39.0 Å². The van der Waals surface area contributed by atoms with E-state index in [9.17, 15) is 4.79 Å². The normalized spacial score (nSPS) is 16.6. The number of hydrogen-bond acceptors (Lipinski definition) is 5. The van der Waals surface area contributed by atoms with Crippen LogP contribution in [-0.2, 0) is 11.2 Å². The molecular formula is C16H23N5OS. The largest absolute Gasteiger partial charge is 0.301 e. The van der Waals surface area contributed by atoms with Crippen LogP contribution in [0.25, 0.3) is 0 Å². The van der Waals surface area contributed by atoms with Gasteiger partial charge in [-0.05, 0) is 50.8 Å². The second-order valence-electron chi connectivity index (χ2n) is 6.01. The zero-order valence-electron chi connectivity index (χ0n) is 13.6. The molecule has 0 saturated carbocycles. The van der Waals surface area contributed by atoms with E-state index in [4.69, 9.17) is 0 Å². The van der Waals surface area contributed by atoms with Crippen molar-refractivity contribution in [2.75, 3.05) is 25.0 Å². The highest BCUT2D eigenvalue weighted by molar-refractivity contribution is 7.15. The number of amides is 1. The molecule has 2 N–H and O–H groups in total. The van der Waals surface area contributed by atoms with Crippen molar-refractivity contribution >= 4 is 22.4 Å². The number of aromatic nitrogens is 3. The van der Waals surface area contributed by atoms with Crippen LogP contribution in [0.15, 0.2) is 12.4 Å². The molecule has 23 heavy (non-hydrogen) atoms. The van der Waals surface area contributed by atoms with Gasteiger partial charge in [-0.1, -0.05) is 6.92 Å². The monoisotopic (exact) mass is 333 g/mol. The quantitative estimate of drug-likeness (QED) is 0.882. The van der Waals surface area contributed by atoms with Crippen molar-refractivity contribution in [3.63, 3.8) is 0 Å². The minimum atomic E-state index is 0.0307. The van der Waals surface area contributed by atoms with Gasteiger partial charge in [0, 0.05) is 11.1 Å². The van der Waals surface area contributed by atoms with Gasteiger partial charge < -0.3 is 5.32 Å². The van der Waals surface area contributed by atoms with Gasteiger partial charge in [-0.25, -0.2) is 4.98 Å². The number of thiazole rings is 1. The molecule has 1 aliphatic rings. The number of piperidine rings is 1. The smallest absolute Gasteiger partial charge is 0.240 e. The predicted octanol–water partition coefficient (Wildman–Crippen LogP) is 2.56. The maximum absolute atomic E-state index is 12.2. The van der Waals surface area contributed by atoms with Gasteiger partial charge in [-0.15, -0.1) is 11.3 Å². The Morgan fingerprint density at radius 1 is 1.48 bits per heavy atom. The van der Waals surface area contributed by atoms with Crippen molar-refractivity contribution in [3.05, 3.63) is 28.5 Å². The average Bonchev–Trinajstić information content (AvgIpc) is 3.17. The summed E-state index contributed by atoms with van der Waals surface area (Å²) in [5.41, 5.74) is 2.35. The third-order valence-electron chi connectivity index (χ3n) is 4.42. The summed E-state index contributed by atoms with van der Waals surface area (Å²) in [7, 11) is 0. The average molecular weight is 333 g/mol. The molecular weight excluding hydrogens is 310 g/mol. The van der Waals surface area contributed by atoms with Crippen molar-refractivity contribution in [2.24, 2.45) is 0 Å². The molecule has 124 valence electrons. The van der Waals surface area contributed by atoms with E-state index in [-0.39, 0.29) is 5.91 Å². The highest BCUT2D eigenvalue weighted by Crippen LogP contribution is 2.27. The number of aryl methyl sites for hydroxylation is 2. The molecule has 0 aliphatic carbocycles. The summed E-state index contributed by atoms with van der Waals surface area (Å²) < 4.78 is 0. The molecule has 1 fully saturated rings. The molecule has 0 unspecified atom stereocenters. The summed E-state index contributed by atoms with van der Waals surface area (Å²) in [5, 5.41) is 10.6. The van der Waals surface area contributed by atoms with E-state index < -0.39 is 0 Å². The van der Waals surface area contributed by atoms with E-state index in [1.807, 2.05) is 19.3 Å². The van der Waals surface area contributed by atoms with E-state index in [0.29, 0.717) is 12.5 Å². The lowest BCUT2D eigenvalue weighted by atomic mass is 9.92. The molecule has 2 aromatic rings. The van der Waals surface area contributed by atoms with Crippen LogP contribution >= 0.6 is 11.3 Å². The minimum absolute atomic E-state index is 0.0307. The molecule has 0 atom stereocenters. The Morgan fingerprint density at radius 2 is 2.26 bits per heavy atom. The summed E-state index contributed by atoms with van der Waals surface area (Å²) in [6, 6.07) is 0. The van der Waals surface area contributed by atoms with Crippen LogP contribution in [-0.4, -0.2) is 45.6 Å². The van der Waals surface area contributed by atoms with Gasteiger partial charge in [0.2, 0.25) is 5.91 Å². The molecule has 3 rings (SSSR count). The molecule has 0 radical (unpaired) electrons. The van der Waals surface area contributed by atoms with Crippen LogP contribution in [0.2, 0.25) is 0 Å². The van der Waals surface area contributed by atoms with Crippen molar-refractivity contribution in [1.29, 1.82) is 0 Å². The molecule has 0 spiro atoms. The lowest BCUT2D eigenvalue weighted by Crippen LogP contribution is -2.38. The van der Waals surface area contributed by atoms with Gasteiger partial charge in [0.25, 0.3) is 0 Å². The molecule has 0 bridgehead atoms. The third kappa shape index (κ3) is 3.97. The second kappa shape index (κ2) is 7.23. The van der Waals surface area contributed by atoms with E-state index in [0.717, 1.165) is 43.2 Å². The Bertz CT molecular complexity index is 643. The number of likely N-dealkylation sites (tertiary alicyclic amines) is 1. The van der Waals surface area contributed by atoms with Gasteiger partial charge in [-0.3, -0.25) is 14.8 Å². The Balaban J connectivity index is 1.47. The Labute approximate surface area is 140 Å². The van der Waals surface area contributed by atoms with E-state index >= 15 is 0 Å². The van der Waals surface area contributed by atoms with Crippen LogP contribution in [0, 0.1) is 6.92 Å². The number of hydrogen-bond donors (Lipinski definition) is 2. The van der Waals surface area contributed by atoms with Gasteiger partial charge in [0.1, 0.15) is 0 Å². The van der Waals surface area contributed by atoms with Crippen molar-refractivity contribution in [1.82, 2.24) is 20.1 Å². The van der Waals surface area contributed by atoms with E-state index in [2.05, 4.69) is 32.3 Å². The zero-order valence-corrected chi connectivity index (χ0v) is 14.4. The number of nitrogens with one attached hydrogen (secondary N) is 2. The number of nitrogens with zero attached hydrogens (tertiary/aromatic N) is 3. The molecule has 1 saturated heterocycles. The number of carbonyl (C=O) groups excluding carboxylic acids is 1. The molecule has 0 aromatic carbocycles. The number of H-pyrrole nitrogens is 1. The molecule has 7 heteroatoms. The molecule has 1 aliphatic heterocycles. The fraction of sp³-hybridized carbons (Fsp3) is 0.562. The number of aromatic amines is 1. The first kappa shape index (κ1) is 16.1. The van der Waals surface area contributed by atoms with Crippen LogP contribution in [0.3, 0.4) is 0 Å². The maximum atomic E-state index is 12.2. The van der Waals surface area contributed by atoms with Gasteiger partial charge in [0.15, 0.2) is 5.13 Å². The standard InChI is InChI=1S/C16H23N5OS/c1-3-14-11(2)23-16(19-14)20-15(22)10-21-6-4-12(5-7-21)13-8-17-18-9-13/h8-9,12H,3-7,10H2,1-2H3,(H,17,18)(H,19,20,22). The molecule has 1 amide bonds. The highest BCUT2D eigenvalue weighted by atomic mass is 32.1. The van der Waals surface area contributed by atoms with Gasteiger partial charge >= 0.3 is 0 Å². The lowest BCUT2D eigenvalue weighted by Gasteiger charge is -2.30. The SMILES string of the molecule is CCc1nc(NC(=O)CN2CCC(c3cn[nH]c3)CC2)sc1C. The summed E-state index contributed by atoms with van der Waals surface area (Å²) in [6.45, 7) is 6.46. The number of rotatable bonds is 5. The first-order valence-electron chi connectivity index (χ1n) is 8.13. The highest BCUT2D eigenvalue weighted by Gasteiger charge is 2.22. The van der Waals surface area contributed by atoms with Crippen LogP contribution < -0.4 is 5.32 Å². The van der Waals surface area contributed by atoms with Gasteiger partial charge in [0.05, 0.1) is 18.4 Å². The molecule has 3 heterocycles. The Hall–Kier alpha value is -1.73. The Kier molecular flexibility index (Phi) is 5.07. The lowest BCUT2D eigenvalue weighted by molar-refractivity contribution is -0.117. The van der Waals surface area contributed by atoms with Crippen molar-refractivity contribution in [3.8, 4) is 0 Å². The summed E-state index contributed by atoms with van der Waals surface area (Å²) in [5.74, 6) is 0.588. The molecule has 2 aromatic heterocycles.